The van der Waals surface area contributed by atoms with Crippen molar-refractivity contribution in [3.8, 4) is 16.9 Å². The lowest BCUT2D eigenvalue weighted by atomic mass is 10.0. The third kappa shape index (κ3) is 5.36. The van der Waals surface area contributed by atoms with E-state index in [-0.39, 0.29) is 22.2 Å². The van der Waals surface area contributed by atoms with Gasteiger partial charge in [-0.25, -0.2) is 14.1 Å². The van der Waals surface area contributed by atoms with Crippen LogP contribution in [0.25, 0.3) is 16.9 Å². The quantitative estimate of drug-likeness (QED) is 0.348. The van der Waals surface area contributed by atoms with Gasteiger partial charge in [-0.15, -0.1) is 0 Å². The number of hydrazine groups is 1. The number of aromatic nitrogens is 2. The SMILES string of the molecule is CCc1c(C(=O)NN2CCS(O)(O)CC2)nn(-c2ccc(F)cc2Cl)c1-c1ccc(I)cc1. The molecule has 1 amide bonds. The van der Waals surface area contributed by atoms with Crippen molar-refractivity contribution in [2.75, 3.05) is 24.6 Å². The molecule has 3 aromatic rings. The fourth-order valence-electron chi connectivity index (χ4n) is 3.73. The van der Waals surface area contributed by atoms with Gasteiger partial charge < -0.3 is 0 Å². The highest BCUT2D eigenvalue weighted by molar-refractivity contribution is 14.1. The third-order valence-corrected chi connectivity index (χ3v) is 8.14. The number of nitrogens with zero attached hydrogens (tertiary/aromatic N) is 3. The number of carbonyl (C=O) groups excluding carboxylic acids is 1. The Kier molecular flexibility index (Phi) is 7.32. The van der Waals surface area contributed by atoms with E-state index in [2.05, 4.69) is 33.1 Å². The normalized spacial score (nSPS) is 17.0. The Bertz CT molecular complexity index is 1180. The summed E-state index contributed by atoms with van der Waals surface area (Å²) in [6.07, 6.45) is 0.531. The highest BCUT2D eigenvalue weighted by atomic mass is 127. The Labute approximate surface area is 211 Å². The van der Waals surface area contributed by atoms with Crippen molar-refractivity contribution in [2.45, 2.75) is 13.3 Å². The highest BCUT2D eigenvalue weighted by Crippen LogP contribution is 2.40. The molecule has 1 aromatic heterocycles. The van der Waals surface area contributed by atoms with Crippen LogP contribution < -0.4 is 5.43 Å². The fraction of sp³-hybridized carbons (Fsp3) is 0.273. The van der Waals surface area contributed by atoms with Gasteiger partial charge in [0.15, 0.2) is 5.69 Å². The van der Waals surface area contributed by atoms with E-state index in [1.54, 1.807) is 9.69 Å². The lowest BCUT2D eigenvalue weighted by Crippen LogP contribution is -2.49. The van der Waals surface area contributed by atoms with Crippen LogP contribution in [-0.4, -0.2) is 54.4 Å². The summed E-state index contributed by atoms with van der Waals surface area (Å²) in [6, 6.07) is 11.9. The minimum absolute atomic E-state index is 0.181. The lowest BCUT2D eigenvalue weighted by Gasteiger charge is -2.40. The van der Waals surface area contributed by atoms with Gasteiger partial charge in [0.25, 0.3) is 5.91 Å². The first-order valence-corrected chi connectivity index (χ1v) is 13.7. The zero-order valence-corrected chi connectivity index (χ0v) is 21.5. The first-order chi connectivity index (χ1) is 15.7. The lowest BCUT2D eigenvalue weighted by molar-refractivity contribution is 0.0792. The summed E-state index contributed by atoms with van der Waals surface area (Å²) in [4.78, 5) is 13.2. The number of rotatable bonds is 5. The topological polar surface area (TPSA) is 90.6 Å². The standard InChI is InChI=1S/C22H23ClFIN4O3S/c1-2-17-20(22(30)27-28-9-11-33(31,32)12-10-28)26-29(19-8-5-15(24)13-18(19)23)21(17)14-3-6-16(25)7-4-14/h3-8,13,31-32H,2,9-12H2,1H3,(H,27,30). The van der Waals surface area contributed by atoms with Crippen molar-refractivity contribution in [1.29, 1.82) is 0 Å². The van der Waals surface area contributed by atoms with E-state index in [9.17, 15) is 18.3 Å². The molecule has 0 spiro atoms. The van der Waals surface area contributed by atoms with Crippen molar-refractivity contribution in [1.82, 2.24) is 20.2 Å². The maximum Gasteiger partial charge on any atom is 0.286 e. The first kappa shape index (κ1) is 24.4. The molecule has 2 heterocycles. The molecule has 0 radical (unpaired) electrons. The average molecular weight is 605 g/mol. The Morgan fingerprint density at radius 1 is 1.21 bits per heavy atom. The molecule has 0 atom stereocenters. The van der Waals surface area contributed by atoms with Crippen LogP contribution in [0.15, 0.2) is 42.5 Å². The van der Waals surface area contributed by atoms with Crippen LogP contribution in [0, 0.1) is 9.39 Å². The zero-order valence-electron chi connectivity index (χ0n) is 17.8. The molecule has 1 aliphatic heterocycles. The number of halogens is 3. The van der Waals surface area contributed by atoms with Crippen LogP contribution in [0.4, 0.5) is 4.39 Å². The van der Waals surface area contributed by atoms with E-state index in [0.29, 0.717) is 30.9 Å². The minimum Gasteiger partial charge on any atom is -0.299 e. The molecule has 176 valence electrons. The van der Waals surface area contributed by atoms with Gasteiger partial charge in [0.05, 0.1) is 27.9 Å². The van der Waals surface area contributed by atoms with Crippen molar-refractivity contribution < 1.29 is 18.3 Å². The predicted octanol–water partition coefficient (Wildman–Crippen LogP) is 5.21. The fourth-order valence-corrected chi connectivity index (χ4v) is 5.57. The average Bonchev–Trinajstić information content (AvgIpc) is 3.15. The Balaban J connectivity index is 1.78. The molecule has 3 N–H and O–H groups in total. The number of amides is 1. The number of hydrogen-bond acceptors (Lipinski definition) is 5. The van der Waals surface area contributed by atoms with Crippen molar-refractivity contribution >= 4 is 50.7 Å². The van der Waals surface area contributed by atoms with Crippen LogP contribution in [0.1, 0.15) is 23.0 Å². The molecule has 2 aromatic carbocycles. The summed E-state index contributed by atoms with van der Waals surface area (Å²) in [7, 11) is -2.57. The molecule has 7 nitrogen and oxygen atoms in total. The van der Waals surface area contributed by atoms with Crippen LogP contribution in [0.2, 0.25) is 5.02 Å². The second-order valence-electron chi connectivity index (χ2n) is 7.68. The summed E-state index contributed by atoms with van der Waals surface area (Å²) in [5.74, 6) is -0.437. The number of hydrogen-bond donors (Lipinski definition) is 3. The maximum atomic E-state index is 13.7. The van der Waals surface area contributed by atoms with E-state index >= 15 is 0 Å². The summed E-state index contributed by atoms with van der Waals surface area (Å²) in [5.41, 5.74) is 5.84. The molecule has 0 aliphatic carbocycles. The van der Waals surface area contributed by atoms with Gasteiger partial charge in [0, 0.05) is 27.8 Å². The van der Waals surface area contributed by atoms with Gasteiger partial charge >= 0.3 is 0 Å². The van der Waals surface area contributed by atoms with E-state index in [0.717, 1.165) is 14.7 Å². The van der Waals surface area contributed by atoms with Crippen molar-refractivity contribution in [3.05, 3.63) is 68.1 Å². The zero-order chi connectivity index (χ0) is 23.8. The smallest absolute Gasteiger partial charge is 0.286 e. The second kappa shape index (κ2) is 9.88. The molecule has 0 bridgehead atoms. The summed E-state index contributed by atoms with van der Waals surface area (Å²) >= 11 is 8.58. The minimum atomic E-state index is -2.57. The molecule has 33 heavy (non-hydrogen) atoms. The monoisotopic (exact) mass is 604 g/mol. The molecule has 1 aliphatic rings. The Hall–Kier alpha value is -1.70. The molecule has 0 saturated carbocycles. The molecule has 11 heteroatoms. The molecule has 1 saturated heterocycles. The number of benzene rings is 2. The first-order valence-electron chi connectivity index (χ1n) is 10.3. The Morgan fingerprint density at radius 2 is 1.88 bits per heavy atom. The predicted molar refractivity (Wildman–Crippen MR) is 138 cm³/mol. The van der Waals surface area contributed by atoms with Gasteiger partial charge in [-0.3, -0.25) is 19.3 Å². The summed E-state index contributed by atoms with van der Waals surface area (Å²) in [5, 5.41) is 6.47. The number of carbonyl (C=O) groups is 1. The summed E-state index contributed by atoms with van der Waals surface area (Å²) < 4.78 is 36.0. The van der Waals surface area contributed by atoms with Gasteiger partial charge in [-0.1, -0.05) is 30.7 Å². The largest absolute Gasteiger partial charge is 0.299 e. The van der Waals surface area contributed by atoms with E-state index in [1.807, 2.05) is 31.2 Å². The molecule has 4 rings (SSSR count). The van der Waals surface area contributed by atoms with Gasteiger partial charge in [-0.05, 0) is 59.3 Å². The molecular formula is C22H23ClFIN4O3S. The Morgan fingerprint density at radius 3 is 2.48 bits per heavy atom. The molecule has 1 fully saturated rings. The second-order valence-corrected chi connectivity index (χ2v) is 11.8. The van der Waals surface area contributed by atoms with Gasteiger partial charge in [0.2, 0.25) is 0 Å². The van der Waals surface area contributed by atoms with E-state index < -0.39 is 22.3 Å². The van der Waals surface area contributed by atoms with Gasteiger partial charge in [-0.2, -0.15) is 15.7 Å². The van der Waals surface area contributed by atoms with E-state index in [1.165, 1.54) is 18.2 Å². The van der Waals surface area contributed by atoms with Crippen molar-refractivity contribution in [2.24, 2.45) is 0 Å². The van der Waals surface area contributed by atoms with Crippen LogP contribution in [0.5, 0.6) is 0 Å². The van der Waals surface area contributed by atoms with E-state index in [4.69, 9.17) is 11.6 Å². The van der Waals surface area contributed by atoms with Crippen LogP contribution in [-0.2, 0) is 6.42 Å². The highest BCUT2D eigenvalue weighted by Gasteiger charge is 2.28. The number of nitrogens with one attached hydrogen (secondary N) is 1. The van der Waals surface area contributed by atoms with Crippen LogP contribution in [0.3, 0.4) is 0 Å². The van der Waals surface area contributed by atoms with Crippen LogP contribution >= 0.6 is 44.8 Å². The third-order valence-electron chi connectivity index (χ3n) is 5.44. The van der Waals surface area contributed by atoms with Crippen molar-refractivity contribution in [3.63, 3.8) is 0 Å². The molecular weight excluding hydrogens is 582 g/mol. The van der Waals surface area contributed by atoms with Gasteiger partial charge in [0.1, 0.15) is 5.82 Å². The summed E-state index contributed by atoms with van der Waals surface area (Å²) in [6.45, 7) is 2.62. The maximum absolute atomic E-state index is 13.7. The molecule has 0 unspecified atom stereocenters.